The van der Waals surface area contributed by atoms with Crippen LogP contribution in [0.25, 0.3) is 0 Å². The van der Waals surface area contributed by atoms with Gasteiger partial charge < -0.3 is 0 Å². The van der Waals surface area contributed by atoms with Gasteiger partial charge in [-0.2, -0.15) is 0 Å². The molecule has 0 radical (unpaired) electrons. The first-order chi connectivity index (χ1) is 4.93. The molecule has 1 aliphatic carbocycles. The summed E-state index contributed by atoms with van der Waals surface area (Å²) in [6, 6.07) is 0. The highest BCUT2D eigenvalue weighted by Crippen LogP contribution is 2.38. The number of rotatable bonds is 0. The summed E-state index contributed by atoms with van der Waals surface area (Å²) in [6.45, 7) is 8.44. The van der Waals surface area contributed by atoms with Crippen molar-refractivity contribution in [3.63, 3.8) is 0 Å². The van der Waals surface area contributed by atoms with Crippen LogP contribution < -0.4 is 0 Å². The van der Waals surface area contributed by atoms with E-state index >= 15 is 0 Å². The maximum atomic E-state index is 11.6. The van der Waals surface area contributed by atoms with Crippen LogP contribution in [0, 0.1) is 17.3 Å². The normalized spacial score (nSPS) is 37.3. The Hall–Kier alpha value is -0.330. The Morgan fingerprint density at radius 3 is 2.36 bits per heavy atom. The van der Waals surface area contributed by atoms with Gasteiger partial charge in [0.1, 0.15) is 5.78 Å². The first-order valence-electron chi connectivity index (χ1n) is 4.48. The highest BCUT2D eigenvalue weighted by molar-refractivity contribution is 5.86. The number of Topliss-reactive ketones (excluding diaryl/α,β-unsaturated/α-hetero) is 1. The van der Waals surface area contributed by atoms with Crippen molar-refractivity contribution in [2.75, 3.05) is 0 Å². The van der Waals surface area contributed by atoms with Crippen LogP contribution in [0.5, 0.6) is 0 Å². The maximum Gasteiger partial charge on any atom is 0.141 e. The van der Waals surface area contributed by atoms with Crippen molar-refractivity contribution in [1.82, 2.24) is 0 Å². The van der Waals surface area contributed by atoms with Crippen LogP contribution in [0.1, 0.15) is 40.5 Å². The van der Waals surface area contributed by atoms with Gasteiger partial charge in [0.2, 0.25) is 0 Å². The molecule has 0 aromatic carbocycles. The monoisotopic (exact) mass is 154 g/mol. The fraction of sp³-hybridized carbons (Fsp3) is 0.900. The molecule has 1 aliphatic rings. The first kappa shape index (κ1) is 8.76. The fourth-order valence-corrected chi connectivity index (χ4v) is 2.43. The second-order valence-corrected chi connectivity index (χ2v) is 4.69. The summed E-state index contributed by atoms with van der Waals surface area (Å²) in [6.07, 6.45) is 2.15. The smallest absolute Gasteiger partial charge is 0.141 e. The average Bonchev–Trinajstić information content (AvgIpc) is 1.81. The third-order valence-corrected chi connectivity index (χ3v) is 2.73. The Bertz CT molecular complexity index is 170. The van der Waals surface area contributed by atoms with E-state index in [0.717, 1.165) is 18.8 Å². The fourth-order valence-electron chi connectivity index (χ4n) is 2.43. The molecule has 2 unspecified atom stereocenters. The molecule has 0 saturated heterocycles. The van der Waals surface area contributed by atoms with Gasteiger partial charge in [0, 0.05) is 11.3 Å². The van der Waals surface area contributed by atoms with Gasteiger partial charge in [-0.25, -0.2) is 0 Å². The second-order valence-electron chi connectivity index (χ2n) is 4.69. The Labute approximate surface area is 69.2 Å². The van der Waals surface area contributed by atoms with Crippen LogP contribution in [0.4, 0.5) is 0 Å². The molecule has 1 rings (SSSR count). The molecule has 0 N–H and O–H groups in total. The van der Waals surface area contributed by atoms with Crippen molar-refractivity contribution < 1.29 is 4.79 Å². The van der Waals surface area contributed by atoms with Gasteiger partial charge in [0.15, 0.2) is 0 Å². The molecule has 0 amide bonds. The summed E-state index contributed by atoms with van der Waals surface area (Å²) in [5, 5.41) is 0. The van der Waals surface area contributed by atoms with Gasteiger partial charge in [-0.05, 0) is 18.8 Å². The van der Waals surface area contributed by atoms with Crippen LogP contribution in [-0.4, -0.2) is 5.78 Å². The minimum atomic E-state index is -0.0584. The number of carbonyl (C=O) groups is 1. The zero-order valence-electron chi connectivity index (χ0n) is 7.98. The van der Waals surface area contributed by atoms with E-state index in [0.29, 0.717) is 5.78 Å². The number of hydrogen-bond acceptors (Lipinski definition) is 1. The summed E-state index contributed by atoms with van der Waals surface area (Å²) in [7, 11) is 0. The van der Waals surface area contributed by atoms with E-state index in [2.05, 4.69) is 27.7 Å². The third-order valence-electron chi connectivity index (χ3n) is 2.73. The lowest BCUT2D eigenvalue weighted by Crippen LogP contribution is -2.37. The first-order valence-corrected chi connectivity index (χ1v) is 4.48. The van der Waals surface area contributed by atoms with Gasteiger partial charge in [-0.3, -0.25) is 4.79 Å². The van der Waals surface area contributed by atoms with E-state index < -0.39 is 0 Å². The third kappa shape index (κ3) is 1.63. The summed E-state index contributed by atoms with van der Waals surface area (Å²) < 4.78 is 0. The Morgan fingerprint density at radius 1 is 1.36 bits per heavy atom. The lowest BCUT2D eigenvalue weighted by molar-refractivity contribution is -0.135. The lowest BCUT2D eigenvalue weighted by Gasteiger charge is -2.35. The number of ketones is 1. The molecule has 0 aromatic rings. The largest absolute Gasteiger partial charge is 0.299 e. The quantitative estimate of drug-likeness (QED) is 0.524. The van der Waals surface area contributed by atoms with E-state index in [9.17, 15) is 4.79 Å². The summed E-state index contributed by atoms with van der Waals surface area (Å²) in [5.41, 5.74) is -0.0584. The van der Waals surface area contributed by atoms with E-state index in [-0.39, 0.29) is 11.3 Å². The molecular formula is C10H18O. The molecule has 1 fully saturated rings. The molecule has 1 saturated carbocycles. The predicted molar refractivity (Wildman–Crippen MR) is 46.4 cm³/mol. The molecule has 0 heterocycles. The zero-order chi connectivity index (χ0) is 8.65. The molecule has 0 bridgehead atoms. The lowest BCUT2D eigenvalue weighted by atomic mass is 9.67. The van der Waals surface area contributed by atoms with Crippen molar-refractivity contribution in [2.24, 2.45) is 17.3 Å². The maximum absolute atomic E-state index is 11.6. The second kappa shape index (κ2) is 2.62. The SMILES string of the molecule is CC1CC(C)C(=O)C(C)(C)C1. The predicted octanol–water partition coefficient (Wildman–Crippen LogP) is 2.65. The molecular weight excluding hydrogens is 136 g/mol. The summed E-state index contributed by atoms with van der Waals surface area (Å²) in [5.74, 6) is 1.46. The van der Waals surface area contributed by atoms with E-state index in [1.807, 2.05) is 0 Å². The van der Waals surface area contributed by atoms with Crippen LogP contribution in [0.15, 0.2) is 0 Å². The summed E-state index contributed by atoms with van der Waals surface area (Å²) in [4.78, 5) is 11.6. The minimum absolute atomic E-state index is 0.0584. The van der Waals surface area contributed by atoms with E-state index in [4.69, 9.17) is 0 Å². The van der Waals surface area contributed by atoms with Crippen molar-refractivity contribution in [2.45, 2.75) is 40.5 Å². The molecule has 2 atom stereocenters. The van der Waals surface area contributed by atoms with Crippen molar-refractivity contribution in [3.8, 4) is 0 Å². The van der Waals surface area contributed by atoms with E-state index in [1.165, 1.54) is 0 Å². The number of hydrogen-bond donors (Lipinski definition) is 0. The van der Waals surface area contributed by atoms with Crippen molar-refractivity contribution >= 4 is 5.78 Å². The Balaban J connectivity index is 2.75. The molecule has 0 aromatic heterocycles. The van der Waals surface area contributed by atoms with Gasteiger partial charge in [0.05, 0.1) is 0 Å². The summed E-state index contributed by atoms with van der Waals surface area (Å²) >= 11 is 0. The van der Waals surface area contributed by atoms with Crippen molar-refractivity contribution in [1.29, 1.82) is 0 Å². The highest BCUT2D eigenvalue weighted by Gasteiger charge is 2.37. The van der Waals surface area contributed by atoms with Crippen molar-refractivity contribution in [3.05, 3.63) is 0 Å². The van der Waals surface area contributed by atoms with Gasteiger partial charge in [-0.1, -0.05) is 27.7 Å². The molecule has 64 valence electrons. The topological polar surface area (TPSA) is 17.1 Å². The van der Waals surface area contributed by atoms with E-state index in [1.54, 1.807) is 0 Å². The zero-order valence-corrected chi connectivity index (χ0v) is 7.98. The number of carbonyl (C=O) groups excluding carboxylic acids is 1. The van der Waals surface area contributed by atoms with Gasteiger partial charge >= 0.3 is 0 Å². The van der Waals surface area contributed by atoms with Crippen LogP contribution >= 0.6 is 0 Å². The van der Waals surface area contributed by atoms with Gasteiger partial charge in [-0.15, -0.1) is 0 Å². The van der Waals surface area contributed by atoms with Crippen LogP contribution in [0.3, 0.4) is 0 Å². The standard InChI is InChI=1S/C10H18O/c1-7-5-8(2)9(11)10(3,4)6-7/h7-8H,5-6H2,1-4H3. The molecule has 1 heteroatoms. The molecule has 0 spiro atoms. The molecule has 1 nitrogen and oxygen atoms in total. The van der Waals surface area contributed by atoms with Crippen LogP contribution in [0.2, 0.25) is 0 Å². The average molecular weight is 154 g/mol. The Kier molecular flexibility index (Phi) is 2.08. The molecule has 11 heavy (non-hydrogen) atoms. The van der Waals surface area contributed by atoms with Gasteiger partial charge in [0.25, 0.3) is 0 Å². The Morgan fingerprint density at radius 2 is 1.91 bits per heavy atom. The van der Waals surface area contributed by atoms with Crippen LogP contribution in [-0.2, 0) is 4.79 Å². The molecule has 0 aliphatic heterocycles. The minimum Gasteiger partial charge on any atom is -0.299 e. The highest BCUT2D eigenvalue weighted by atomic mass is 16.1.